The normalized spacial score (nSPS) is 32.2. The molecule has 0 spiro atoms. The number of hydrogen-bond donors (Lipinski definition) is 1. The number of hydrogen-bond acceptors (Lipinski definition) is 5. The van der Waals surface area contributed by atoms with Crippen molar-refractivity contribution in [3.63, 3.8) is 0 Å². The fourth-order valence-corrected chi connectivity index (χ4v) is 6.75. The van der Waals surface area contributed by atoms with Crippen molar-refractivity contribution >= 4 is 22.2 Å². The summed E-state index contributed by atoms with van der Waals surface area (Å²) in [6.07, 6.45) is 6.73. The van der Waals surface area contributed by atoms with E-state index >= 15 is 0 Å². The molecule has 8 heteroatoms. The second-order valence-corrected chi connectivity index (χ2v) is 10.2. The third-order valence-corrected chi connectivity index (χ3v) is 8.92. The summed E-state index contributed by atoms with van der Waals surface area (Å²) in [5.41, 5.74) is 5.91. The maximum atomic E-state index is 13.0. The summed E-state index contributed by atoms with van der Waals surface area (Å²) in [5.74, 6) is 0. The highest BCUT2D eigenvalue weighted by atomic mass is 32.2. The van der Waals surface area contributed by atoms with Gasteiger partial charge < -0.3 is 5.73 Å². The Labute approximate surface area is 150 Å². The first-order valence-corrected chi connectivity index (χ1v) is 11.2. The second kappa shape index (κ2) is 7.63. The Hall–Kier alpha value is -0.120. The van der Waals surface area contributed by atoms with E-state index < -0.39 is 10.2 Å². The Morgan fingerprint density at radius 2 is 1.96 bits per heavy atom. The number of nitrogens with two attached hydrogens (primary N) is 1. The van der Waals surface area contributed by atoms with Gasteiger partial charge in [0.15, 0.2) is 0 Å². The van der Waals surface area contributed by atoms with E-state index in [2.05, 4.69) is 17.3 Å². The van der Waals surface area contributed by atoms with Gasteiger partial charge in [-0.15, -0.1) is 0 Å². The van der Waals surface area contributed by atoms with Crippen molar-refractivity contribution in [2.45, 2.75) is 64.1 Å². The van der Waals surface area contributed by atoms with Gasteiger partial charge in [0.05, 0.1) is 0 Å². The molecule has 0 unspecified atom stereocenters. The van der Waals surface area contributed by atoms with Gasteiger partial charge in [-0.25, -0.2) is 4.31 Å². The lowest BCUT2D eigenvalue weighted by atomic mass is 10.0. The van der Waals surface area contributed by atoms with E-state index in [0.717, 1.165) is 38.6 Å². The van der Waals surface area contributed by atoms with Crippen molar-refractivity contribution in [2.24, 2.45) is 5.73 Å². The Balaban J connectivity index is 1.59. The zero-order valence-corrected chi connectivity index (χ0v) is 16.4. The smallest absolute Gasteiger partial charge is 0.282 e. The minimum atomic E-state index is -3.35. The Kier molecular flexibility index (Phi) is 5.94. The molecule has 0 aromatic carbocycles. The molecule has 0 amide bonds. The van der Waals surface area contributed by atoms with Gasteiger partial charge in [0.1, 0.15) is 0 Å². The van der Waals surface area contributed by atoms with Crippen LogP contribution in [0.3, 0.4) is 0 Å². The van der Waals surface area contributed by atoms with Gasteiger partial charge in [0.2, 0.25) is 0 Å². The quantitative estimate of drug-likeness (QED) is 0.760. The van der Waals surface area contributed by atoms with Crippen LogP contribution in [0.5, 0.6) is 0 Å². The summed E-state index contributed by atoms with van der Waals surface area (Å²) < 4.78 is 31.7. The fourth-order valence-electron chi connectivity index (χ4n) is 3.83. The van der Waals surface area contributed by atoms with Crippen LogP contribution in [-0.2, 0) is 10.2 Å². The highest BCUT2D eigenvalue weighted by Crippen LogP contribution is 2.36. The molecule has 138 valence electrons. The predicted octanol–water partition coefficient (Wildman–Crippen LogP) is 1.76. The number of rotatable bonds is 4. The zero-order chi connectivity index (χ0) is 17.3. The highest BCUT2D eigenvalue weighted by Gasteiger charge is 2.40. The number of piperidine rings is 2. The van der Waals surface area contributed by atoms with Gasteiger partial charge in [0.25, 0.3) is 10.2 Å². The van der Waals surface area contributed by atoms with Crippen LogP contribution in [0.4, 0.5) is 0 Å². The van der Waals surface area contributed by atoms with Crippen molar-refractivity contribution in [1.29, 1.82) is 0 Å². The molecule has 2 saturated heterocycles. The molecule has 0 saturated carbocycles. The first-order valence-electron chi connectivity index (χ1n) is 9.08. The van der Waals surface area contributed by atoms with Crippen LogP contribution in [0.15, 0.2) is 11.0 Å². The summed E-state index contributed by atoms with van der Waals surface area (Å²) in [6, 6.07) is 0.661. The predicted molar refractivity (Wildman–Crippen MR) is 99.6 cm³/mol. The number of allylic oxidation sites excluding steroid dienone is 1. The Morgan fingerprint density at radius 1 is 1.25 bits per heavy atom. The lowest BCUT2D eigenvalue weighted by Crippen LogP contribution is -2.55. The highest BCUT2D eigenvalue weighted by molar-refractivity contribution is 8.01. The SMILES string of the molecule is CCC1=CCN([C@H]2CCN(S(=O)(=O)N3CCC(N)CC3)[C@@H](C)C2)S1. The number of nitrogens with zero attached hydrogens (tertiary/aromatic N) is 3. The maximum Gasteiger partial charge on any atom is 0.282 e. The van der Waals surface area contributed by atoms with E-state index in [1.165, 1.54) is 4.91 Å². The van der Waals surface area contributed by atoms with Gasteiger partial charge in [-0.05, 0) is 55.9 Å². The van der Waals surface area contributed by atoms with E-state index in [1.807, 2.05) is 18.9 Å². The van der Waals surface area contributed by atoms with Gasteiger partial charge >= 0.3 is 0 Å². The summed E-state index contributed by atoms with van der Waals surface area (Å²) in [7, 11) is -3.35. The Bertz CT molecular complexity index is 573. The summed E-state index contributed by atoms with van der Waals surface area (Å²) in [5, 5.41) is 0. The molecule has 3 aliphatic rings. The van der Waals surface area contributed by atoms with Crippen LogP contribution in [0.2, 0.25) is 0 Å². The van der Waals surface area contributed by atoms with Crippen LogP contribution in [-0.4, -0.2) is 65.6 Å². The molecular formula is C16H30N4O2S2. The molecule has 2 fully saturated rings. The van der Waals surface area contributed by atoms with E-state index in [-0.39, 0.29) is 12.1 Å². The molecule has 2 atom stereocenters. The fraction of sp³-hybridized carbons (Fsp3) is 0.875. The molecule has 0 radical (unpaired) electrons. The molecule has 0 aromatic heterocycles. The zero-order valence-electron chi connectivity index (χ0n) is 14.7. The van der Waals surface area contributed by atoms with Crippen molar-refractivity contribution < 1.29 is 8.42 Å². The molecule has 24 heavy (non-hydrogen) atoms. The molecule has 3 rings (SSSR count). The molecular weight excluding hydrogens is 344 g/mol. The monoisotopic (exact) mass is 374 g/mol. The molecule has 2 N–H and O–H groups in total. The summed E-state index contributed by atoms with van der Waals surface area (Å²) in [6.45, 7) is 6.96. The first kappa shape index (κ1) is 18.7. The van der Waals surface area contributed by atoms with Crippen LogP contribution < -0.4 is 5.73 Å². The third-order valence-electron chi connectivity index (χ3n) is 5.40. The summed E-state index contributed by atoms with van der Waals surface area (Å²) in [4.78, 5) is 1.43. The Morgan fingerprint density at radius 3 is 2.54 bits per heavy atom. The first-order chi connectivity index (χ1) is 11.4. The van der Waals surface area contributed by atoms with Gasteiger partial charge in [0, 0.05) is 44.3 Å². The molecule has 0 aliphatic carbocycles. The van der Waals surface area contributed by atoms with Crippen molar-refractivity contribution in [3.05, 3.63) is 11.0 Å². The van der Waals surface area contributed by atoms with E-state index in [4.69, 9.17) is 5.73 Å². The molecule has 0 bridgehead atoms. The minimum Gasteiger partial charge on any atom is -0.328 e. The average molecular weight is 375 g/mol. The topological polar surface area (TPSA) is 69.9 Å². The van der Waals surface area contributed by atoms with E-state index in [0.29, 0.717) is 25.7 Å². The van der Waals surface area contributed by atoms with Crippen LogP contribution >= 0.6 is 11.9 Å². The van der Waals surface area contributed by atoms with Crippen molar-refractivity contribution in [1.82, 2.24) is 12.9 Å². The summed E-state index contributed by atoms with van der Waals surface area (Å²) >= 11 is 1.86. The molecule has 3 heterocycles. The maximum absolute atomic E-state index is 13.0. The second-order valence-electron chi connectivity index (χ2n) is 7.10. The van der Waals surface area contributed by atoms with Crippen LogP contribution in [0, 0.1) is 0 Å². The minimum absolute atomic E-state index is 0.0515. The van der Waals surface area contributed by atoms with Gasteiger partial charge in [-0.1, -0.05) is 13.0 Å². The van der Waals surface area contributed by atoms with E-state index in [9.17, 15) is 8.42 Å². The van der Waals surface area contributed by atoms with Crippen molar-refractivity contribution in [3.8, 4) is 0 Å². The van der Waals surface area contributed by atoms with E-state index in [1.54, 1.807) is 8.61 Å². The molecule has 0 aromatic rings. The average Bonchev–Trinajstić information content (AvgIpc) is 3.04. The van der Waals surface area contributed by atoms with Crippen LogP contribution in [0.1, 0.15) is 46.0 Å². The van der Waals surface area contributed by atoms with Gasteiger partial charge in [-0.3, -0.25) is 0 Å². The van der Waals surface area contributed by atoms with Crippen LogP contribution in [0.25, 0.3) is 0 Å². The van der Waals surface area contributed by atoms with Crippen molar-refractivity contribution in [2.75, 3.05) is 26.2 Å². The third kappa shape index (κ3) is 3.83. The largest absolute Gasteiger partial charge is 0.328 e. The lowest BCUT2D eigenvalue weighted by molar-refractivity contribution is 0.176. The molecule has 3 aliphatic heterocycles. The standard InChI is InChI=1S/C16H30N4O2S2/c1-3-16-7-10-19(23-16)15-6-11-20(13(2)12-15)24(21,22)18-8-4-14(17)5-9-18/h7,13-15H,3-6,8-12,17H2,1-2H3/t13-,15-/m0/s1. The molecule has 6 nitrogen and oxygen atoms in total. The lowest BCUT2D eigenvalue weighted by Gasteiger charge is -2.42. The van der Waals surface area contributed by atoms with Gasteiger partial charge in [-0.2, -0.15) is 17.0 Å².